The number of benzene rings is 2. The van der Waals surface area contributed by atoms with Crippen LogP contribution in [0.15, 0.2) is 35.3 Å². The largest absolute Gasteiger partial charge is 0.366 e. The molecular weight excluding hydrogens is 325 g/mol. The van der Waals surface area contributed by atoms with Crippen LogP contribution in [0.2, 0.25) is 5.02 Å². The van der Waals surface area contributed by atoms with Gasteiger partial charge in [0.05, 0.1) is 12.0 Å². The molecule has 0 spiro atoms. The van der Waals surface area contributed by atoms with Crippen LogP contribution in [0.1, 0.15) is 18.1 Å². The molecule has 3 nitrogen and oxygen atoms in total. The number of hydrogen-bond donors (Lipinski definition) is 0. The molecule has 0 aromatic heterocycles. The van der Waals surface area contributed by atoms with Crippen molar-refractivity contribution in [1.29, 1.82) is 0 Å². The first-order chi connectivity index (χ1) is 11.3. The molecule has 24 heavy (non-hydrogen) atoms. The second-order valence-corrected chi connectivity index (χ2v) is 6.31. The summed E-state index contributed by atoms with van der Waals surface area (Å²) in [6.45, 7) is 6.83. The fraction of sp³-hybridized carbons (Fsp3) is 0.316. The molecule has 0 N–H and O–H groups in total. The van der Waals surface area contributed by atoms with Gasteiger partial charge in [0.25, 0.3) is 0 Å². The van der Waals surface area contributed by atoms with Gasteiger partial charge < -0.3 is 9.80 Å². The lowest BCUT2D eigenvalue weighted by atomic mass is 10.1. The molecule has 0 saturated carbocycles. The van der Waals surface area contributed by atoms with E-state index in [4.69, 9.17) is 11.6 Å². The van der Waals surface area contributed by atoms with Crippen LogP contribution in [-0.4, -0.2) is 31.9 Å². The summed E-state index contributed by atoms with van der Waals surface area (Å²) < 4.78 is 14.1. The number of aliphatic imine (C=N–C) groups is 1. The van der Waals surface area contributed by atoms with E-state index in [2.05, 4.69) is 4.99 Å². The summed E-state index contributed by atoms with van der Waals surface area (Å²) in [5, 5.41) is 0.652. The molecule has 0 aliphatic heterocycles. The van der Waals surface area contributed by atoms with E-state index >= 15 is 0 Å². The van der Waals surface area contributed by atoms with Crippen molar-refractivity contribution in [3.05, 3.63) is 52.3 Å². The van der Waals surface area contributed by atoms with E-state index in [0.717, 1.165) is 29.0 Å². The Bertz CT molecular complexity index is 759. The van der Waals surface area contributed by atoms with Crippen molar-refractivity contribution >= 4 is 35.0 Å². The van der Waals surface area contributed by atoms with Gasteiger partial charge in [-0.2, -0.15) is 0 Å². The zero-order chi connectivity index (χ0) is 17.9. The first-order valence-corrected chi connectivity index (χ1v) is 8.25. The molecule has 0 aliphatic carbocycles. The summed E-state index contributed by atoms with van der Waals surface area (Å²) in [4.78, 5) is 8.31. The number of hydrogen-bond acceptors (Lipinski definition) is 2. The molecule has 2 aromatic carbocycles. The van der Waals surface area contributed by atoms with Crippen LogP contribution in [0.3, 0.4) is 0 Å². The number of rotatable bonds is 5. The molecular formula is C19H23ClFN3. The summed E-state index contributed by atoms with van der Waals surface area (Å²) in [5.41, 5.74) is 4.32. The summed E-state index contributed by atoms with van der Waals surface area (Å²) in [7, 11) is 3.84. The highest BCUT2D eigenvalue weighted by Gasteiger charge is 2.14. The van der Waals surface area contributed by atoms with Crippen molar-refractivity contribution in [2.24, 2.45) is 4.99 Å². The van der Waals surface area contributed by atoms with Crippen molar-refractivity contribution in [2.75, 3.05) is 25.5 Å². The van der Waals surface area contributed by atoms with Crippen LogP contribution >= 0.6 is 11.6 Å². The zero-order valence-corrected chi connectivity index (χ0v) is 15.5. The van der Waals surface area contributed by atoms with Gasteiger partial charge in [-0.15, -0.1) is 0 Å². The van der Waals surface area contributed by atoms with Crippen molar-refractivity contribution in [3.8, 4) is 0 Å². The number of anilines is 2. The third-order valence-corrected chi connectivity index (χ3v) is 4.34. The highest BCUT2D eigenvalue weighted by molar-refractivity contribution is 6.30. The van der Waals surface area contributed by atoms with Gasteiger partial charge in [-0.25, -0.2) is 9.38 Å². The molecule has 2 rings (SSSR count). The van der Waals surface area contributed by atoms with Gasteiger partial charge in [0, 0.05) is 37.0 Å². The molecule has 0 heterocycles. The van der Waals surface area contributed by atoms with Crippen LogP contribution in [0.5, 0.6) is 0 Å². The normalized spacial score (nSPS) is 11.1. The second kappa shape index (κ2) is 7.67. The SMILES string of the molecule is CCN(C)/C=N\c1cc(F)cc(N(C)c2cc(Cl)ccc2C)c1C. The van der Waals surface area contributed by atoms with Crippen LogP contribution in [0, 0.1) is 19.7 Å². The monoisotopic (exact) mass is 347 g/mol. The Morgan fingerprint density at radius 1 is 1.12 bits per heavy atom. The summed E-state index contributed by atoms with van der Waals surface area (Å²) in [5.74, 6) is -0.312. The predicted octanol–water partition coefficient (Wildman–Crippen LogP) is 5.48. The number of nitrogens with zero attached hydrogens (tertiary/aromatic N) is 3. The fourth-order valence-electron chi connectivity index (χ4n) is 2.45. The van der Waals surface area contributed by atoms with Crippen LogP contribution in [0.4, 0.5) is 21.5 Å². The maximum absolute atomic E-state index is 14.1. The minimum absolute atomic E-state index is 0.312. The van der Waals surface area contributed by atoms with Crippen LogP contribution < -0.4 is 4.90 Å². The van der Waals surface area contributed by atoms with Gasteiger partial charge in [0.2, 0.25) is 0 Å². The smallest absolute Gasteiger partial charge is 0.127 e. The molecule has 128 valence electrons. The standard InChI is InChI=1S/C19H23ClFN3/c1-6-23(4)12-22-17-10-16(21)11-19(14(17)3)24(5)18-9-15(20)8-7-13(18)2/h7-12H,6H2,1-5H3/b22-12-. The van der Waals surface area contributed by atoms with Gasteiger partial charge in [-0.05, 0) is 56.2 Å². The average molecular weight is 348 g/mol. The second-order valence-electron chi connectivity index (χ2n) is 5.88. The summed E-state index contributed by atoms with van der Waals surface area (Å²) in [6.07, 6.45) is 1.72. The third-order valence-electron chi connectivity index (χ3n) is 4.10. The Kier molecular flexibility index (Phi) is 5.84. The highest BCUT2D eigenvalue weighted by atomic mass is 35.5. The first-order valence-electron chi connectivity index (χ1n) is 7.88. The topological polar surface area (TPSA) is 18.8 Å². The minimum atomic E-state index is -0.312. The van der Waals surface area contributed by atoms with E-state index in [9.17, 15) is 4.39 Å². The average Bonchev–Trinajstić information content (AvgIpc) is 2.56. The van der Waals surface area contributed by atoms with Gasteiger partial charge in [-0.1, -0.05) is 17.7 Å². The Morgan fingerprint density at radius 3 is 2.50 bits per heavy atom. The van der Waals surface area contributed by atoms with Gasteiger partial charge in [0.1, 0.15) is 5.82 Å². The van der Waals surface area contributed by atoms with Crippen molar-refractivity contribution in [2.45, 2.75) is 20.8 Å². The molecule has 0 aliphatic rings. The Balaban J connectivity index is 2.48. The Hall–Kier alpha value is -2.07. The lowest BCUT2D eigenvalue weighted by Crippen LogP contribution is -2.15. The highest BCUT2D eigenvalue weighted by Crippen LogP contribution is 2.35. The molecule has 0 radical (unpaired) electrons. The molecule has 5 heteroatoms. The molecule has 0 atom stereocenters. The summed E-state index contributed by atoms with van der Waals surface area (Å²) in [6, 6.07) is 8.67. The van der Waals surface area contributed by atoms with Crippen LogP contribution in [-0.2, 0) is 0 Å². The number of aryl methyl sites for hydroxylation is 1. The third kappa shape index (κ3) is 4.06. The lowest BCUT2D eigenvalue weighted by molar-refractivity contribution is 0.552. The van der Waals surface area contributed by atoms with E-state index in [1.807, 2.05) is 62.9 Å². The molecule has 2 aromatic rings. The van der Waals surface area contributed by atoms with Gasteiger partial charge >= 0.3 is 0 Å². The van der Waals surface area contributed by atoms with Crippen LogP contribution in [0.25, 0.3) is 0 Å². The molecule has 0 unspecified atom stereocenters. The van der Waals surface area contributed by atoms with E-state index in [0.29, 0.717) is 10.7 Å². The van der Waals surface area contributed by atoms with Crippen molar-refractivity contribution < 1.29 is 4.39 Å². The molecule has 0 bridgehead atoms. The maximum atomic E-state index is 14.1. The van der Waals surface area contributed by atoms with Gasteiger partial charge in [-0.3, -0.25) is 0 Å². The Morgan fingerprint density at radius 2 is 1.83 bits per heavy atom. The van der Waals surface area contributed by atoms with E-state index < -0.39 is 0 Å². The minimum Gasteiger partial charge on any atom is -0.366 e. The van der Waals surface area contributed by atoms with E-state index in [1.54, 1.807) is 6.34 Å². The quantitative estimate of drug-likeness (QED) is 0.527. The van der Waals surface area contributed by atoms with Crippen molar-refractivity contribution in [1.82, 2.24) is 4.90 Å². The van der Waals surface area contributed by atoms with E-state index in [1.165, 1.54) is 12.1 Å². The van der Waals surface area contributed by atoms with Crippen molar-refractivity contribution in [3.63, 3.8) is 0 Å². The fourth-order valence-corrected chi connectivity index (χ4v) is 2.62. The molecule has 0 fully saturated rings. The number of halogens is 2. The predicted molar refractivity (Wildman–Crippen MR) is 102 cm³/mol. The molecule has 0 amide bonds. The maximum Gasteiger partial charge on any atom is 0.127 e. The van der Waals surface area contributed by atoms with E-state index in [-0.39, 0.29) is 5.82 Å². The zero-order valence-electron chi connectivity index (χ0n) is 14.8. The first kappa shape index (κ1) is 18.3. The lowest BCUT2D eigenvalue weighted by Gasteiger charge is -2.24. The summed E-state index contributed by atoms with van der Waals surface area (Å²) >= 11 is 6.12. The Labute approximate surface area is 148 Å². The van der Waals surface area contributed by atoms with Gasteiger partial charge in [0.15, 0.2) is 0 Å². The molecule has 0 saturated heterocycles.